The van der Waals surface area contributed by atoms with Crippen molar-refractivity contribution in [2.24, 2.45) is 35.0 Å². The molecule has 1 saturated carbocycles. The Morgan fingerprint density at radius 2 is 1.49 bits per heavy atom. The van der Waals surface area contributed by atoms with E-state index in [9.17, 15) is 70.9 Å². The summed E-state index contributed by atoms with van der Waals surface area (Å²) in [6, 6.07) is 0. The fourth-order valence-electron chi connectivity index (χ4n) is 13.6. The highest BCUT2D eigenvalue weighted by Crippen LogP contribution is 2.64. The second-order valence-corrected chi connectivity index (χ2v) is 22.3. The Hall–Kier alpha value is -2.26. The number of hydrogen-bond donors (Lipinski definition) is 12. The number of esters is 1. The summed E-state index contributed by atoms with van der Waals surface area (Å²) in [5.74, 6) is -5.37. The SMILES string of the molecule is CC(=O)OC[C@H]1[C@@H]2C3=C(C(=O)[C@@H]2O[C@@]12OC[C@H](C)C(O)C2O)[C@@H]1CC=C2C[C@@H](O)C[C@@H](O[C@@H]4OC[C@H](O)[C@H](O[C@@H]5OC[C@@H](O)[C@H](O)[C@H]5O)[C@H]4O[C@@H]4O[C@@H](C)[C@H](O)[C@@H](O[C@@H]5OC[C@](O)(CO)[C@H]5O)[C@H]4O)[C@]2(C)[C@H]1CC3. The Morgan fingerprint density at radius 1 is 0.784 bits per heavy atom. The third-order valence-electron chi connectivity index (χ3n) is 17.9. The Kier molecular flexibility index (Phi) is 15.4. The van der Waals surface area contributed by atoms with Crippen molar-refractivity contribution >= 4 is 11.8 Å². The molecule has 1 spiro atoms. The number of allylic oxidation sites excluding steroid dienone is 1. The standard InChI is InChI=1S/C49H72O25/c1-17-11-68-49(41(61)31(17)55)25(12-64-19(3)51)30-23-7-8-24-22(29(23)34(58)38(30)74-49)6-5-20-9-21(52)10-28(47(20,24)4)70-45-40(37(27(54)14-66-45)71-43-35(59)33(57)26(53)13-65-43)73-44-36(60)39(32(56)18(2)69-44)72-46-42(62)48(63,15-50)16-67-46/h5,17-18,21-22,24-28,30-33,35-46,50,52-57,59-63H,6-16H2,1-4H3/t17-,18-,21+,22+,24-,25-,26+,27-,28+,30-,31?,32-,33-,35+,36+,37-,38+,39+,40+,41?,42-,43-,44-,45-,46-,47-,48+,49-/m0/s1. The van der Waals surface area contributed by atoms with E-state index in [0.29, 0.717) is 24.8 Å². The van der Waals surface area contributed by atoms with Crippen LogP contribution >= 0.6 is 0 Å². The van der Waals surface area contributed by atoms with E-state index in [0.717, 1.165) is 11.1 Å². The van der Waals surface area contributed by atoms with Crippen LogP contribution in [0.25, 0.3) is 0 Å². The number of fused-ring (bicyclic) bond motifs is 6. The first-order valence-corrected chi connectivity index (χ1v) is 25.7. The van der Waals surface area contributed by atoms with Gasteiger partial charge < -0.3 is 113 Å². The molecule has 74 heavy (non-hydrogen) atoms. The smallest absolute Gasteiger partial charge is 0.302 e. The molecule has 10 aliphatic rings. The zero-order valence-corrected chi connectivity index (χ0v) is 41.5. The molecule has 0 aromatic heterocycles. The van der Waals surface area contributed by atoms with Gasteiger partial charge in [-0.1, -0.05) is 31.1 Å². The lowest BCUT2D eigenvalue weighted by Gasteiger charge is -2.57. The minimum absolute atomic E-state index is 0.0224. The summed E-state index contributed by atoms with van der Waals surface area (Å²) in [7, 11) is 0. The second-order valence-electron chi connectivity index (χ2n) is 22.3. The third kappa shape index (κ3) is 9.06. The number of carbonyl (C=O) groups excluding carboxylic acids is 2. The fourth-order valence-corrected chi connectivity index (χ4v) is 13.6. The Morgan fingerprint density at radius 3 is 2.20 bits per heavy atom. The van der Waals surface area contributed by atoms with E-state index in [1.165, 1.54) is 13.8 Å². The van der Waals surface area contributed by atoms with E-state index >= 15 is 0 Å². The molecule has 6 saturated heterocycles. The molecular formula is C49H72O25. The van der Waals surface area contributed by atoms with Gasteiger partial charge in [0.05, 0.1) is 63.4 Å². The molecule has 10 rings (SSSR count). The molecule has 0 bridgehead atoms. The van der Waals surface area contributed by atoms with Crippen LogP contribution in [0.5, 0.6) is 0 Å². The number of aliphatic hydroxyl groups excluding tert-OH is 11. The number of Topliss-reactive ketones (excluding diaryl/α,β-unsaturated/α-hetero) is 1. The molecule has 0 radical (unpaired) electrons. The van der Waals surface area contributed by atoms with Crippen LogP contribution in [0.3, 0.4) is 0 Å². The summed E-state index contributed by atoms with van der Waals surface area (Å²) in [5.41, 5.74) is -0.841. The van der Waals surface area contributed by atoms with Gasteiger partial charge in [-0.05, 0) is 44.4 Å². The summed E-state index contributed by atoms with van der Waals surface area (Å²) >= 11 is 0. The summed E-state index contributed by atoms with van der Waals surface area (Å²) in [6.45, 7) is 3.78. The minimum Gasteiger partial charge on any atom is -0.465 e. The van der Waals surface area contributed by atoms with Crippen LogP contribution in [0.1, 0.15) is 59.8 Å². The van der Waals surface area contributed by atoms with Crippen molar-refractivity contribution in [3.8, 4) is 0 Å². The predicted molar refractivity (Wildman–Crippen MR) is 240 cm³/mol. The largest absolute Gasteiger partial charge is 0.465 e. The number of ketones is 1. The van der Waals surface area contributed by atoms with Gasteiger partial charge in [-0.2, -0.15) is 0 Å². The average Bonchev–Trinajstić information content (AvgIpc) is 4.00. The van der Waals surface area contributed by atoms with Gasteiger partial charge in [0, 0.05) is 36.2 Å². The average molecular weight is 1060 g/mol. The molecule has 4 aliphatic carbocycles. The molecule has 25 heteroatoms. The van der Waals surface area contributed by atoms with Crippen LogP contribution < -0.4 is 0 Å². The van der Waals surface area contributed by atoms with Crippen molar-refractivity contribution in [3.63, 3.8) is 0 Å². The highest BCUT2D eigenvalue weighted by Gasteiger charge is 2.70. The number of aliphatic hydroxyl groups is 12. The lowest BCUT2D eigenvalue weighted by molar-refractivity contribution is -0.387. The second kappa shape index (κ2) is 20.8. The highest BCUT2D eigenvalue weighted by molar-refractivity contribution is 6.04. The molecule has 0 aromatic rings. The first-order chi connectivity index (χ1) is 35.0. The highest BCUT2D eigenvalue weighted by atomic mass is 16.8. The van der Waals surface area contributed by atoms with Gasteiger partial charge in [0.2, 0.25) is 5.79 Å². The van der Waals surface area contributed by atoms with Crippen molar-refractivity contribution in [2.75, 3.05) is 39.6 Å². The van der Waals surface area contributed by atoms with Gasteiger partial charge in [-0.3, -0.25) is 9.59 Å². The molecule has 28 atom stereocenters. The van der Waals surface area contributed by atoms with E-state index in [2.05, 4.69) is 0 Å². The van der Waals surface area contributed by atoms with Gasteiger partial charge in [0.1, 0.15) is 85.5 Å². The lowest BCUT2D eigenvalue weighted by atomic mass is 9.51. The van der Waals surface area contributed by atoms with Crippen LogP contribution in [0.15, 0.2) is 22.8 Å². The van der Waals surface area contributed by atoms with Gasteiger partial charge in [0.15, 0.2) is 30.9 Å². The van der Waals surface area contributed by atoms with Crippen LogP contribution in [0.4, 0.5) is 0 Å². The monoisotopic (exact) mass is 1060 g/mol. The van der Waals surface area contributed by atoms with E-state index in [1.807, 2.05) is 13.0 Å². The Balaban J connectivity index is 0.955. The third-order valence-corrected chi connectivity index (χ3v) is 17.9. The molecule has 7 fully saturated rings. The van der Waals surface area contributed by atoms with E-state index in [-0.39, 0.29) is 37.8 Å². The minimum atomic E-state index is -2.11. The number of hydrogen-bond acceptors (Lipinski definition) is 25. The van der Waals surface area contributed by atoms with E-state index in [1.54, 1.807) is 6.92 Å². The molecule has 6 heterocycles. The summed E-state index contributed by atoms with van der Waals surface area (Å²) in [4.78, 5) is 27.1. The van der Waals surface area contributed by atoms with Crippen molar-refractivity contribution in [3.05, 3.63) is 22.8 Å². The normalized spacial score (nSPS) is 53.3. The molecule has 0 amide bonds. The number of carbonyl (C=O) groups is 2. The fraction of sp³-hybridized carbons (Fsp3) is 0.878. The molecule has 2 unspecified atom stereocenters. The van der Waals surface area contributed by atoms with Crippen molar-refractivity contribution in [1.29, 1.82) is 0 Å². The topological polar surface area (TPSA) is 378 Å². The maximum Gasteiger partial charge on any atom is 0.302 e. The van der Waals surface area contributed by atoms with Crippen molar-refractivity contribution in [1.82, 2.24) is 0 Å². The summed E-state index contributed by atoms with van der Waals surface area (Å²) in [5, 5.41) is 132. The number of rotatable bonds is 11. The van der Waals surface area contributed by atoms with Gasteiger partial charge >= 0.3 is 5.97 Å². The quantitative estimate of drug-likeness (QED) is 0.0683. The zero-order chi connectivity index (χ0) is 53.1. The predicted octanol–water partition coefficient (Wildman–Crippen LogP) is -4.73. The Labute approximate surface area is 425 Å². The first-order valence-electron chi connectivity index (χ1n) is 25.7. The molecule has 0 aromatic carbocycles. The molecule has 12 N–H and O–H groups in total. The van der Waals surface area contributed by atoms with Crippen LogP contribution in [-0.4, -0.2) is 247 Å². The van der Waals surface area contributed by atoms with Gasteiger partial charge in [-0.15, -0.1) is 0 Å². The first kappa shape index (κ1) is 55.1. The van der Waals surface area contributed by atoms with Gasteiger partial charge in [-0.25, -0.2) is 0 Å². The maximum absolute atomic E-state index is 14.9. The van der Waals surface area contributed by atoms with E-state index < -0.39 is 196 Å². The summed E-state index contributed by atoms with van der Waals surface area (Å²) < 4.78 is 66.8. The molecule has 418 valence electrons. The van der Waals surface area contributed by atoms with Crippen LogP contribution in [-0.2, 0) is 61.7 Å². The van der Waals surface area contributed by atoms with Crippen molar-refractivity contribution < 1.29 is 123 Å². The summed E-state index contributed by atoms with van der Waals surface area (Å²) in [6.07, 6.45) is -26.7. The molecular weight excluding hydrogens is 989 g/mol. The Bertz CT molecular complexity index is 2150. The van der Waals surface area contributed by atoms with E-state index in [4.69, 9.17) is 52.1 Å². The zero-order valence-electron chi connectivity index (χ0n) is 41.5. The van der Waals surface area contributed by atoms with Crippen LogP contribution in [0.2, 0.25) is 0 Å². The maximum atomic E-state index is 14.9. The van der Waals surface area contributed by atoms with Gasteiger partial charge in [0.25, 0.3) is 0 Å². The van der Waals surface area contributed by atoms with Crippen molar-refractivity contribution in [2.45, 2.75) is 194 Å². The van der Waals surface area contributed by atoms with Crippen LogP contribution in [0, 0.1) is 35.0 Å². The molecule has 25 nitrogen and oxygen atoms in total. The molecule has 6 aliphatic heterocycles. The lowest BCUT2D eigenvalue weighted by Crippen LogP contribution is -2.65. The number of ether oxygens (including phenoxy) is 11.